The molecule has 2 nitrogen and oxygen atoms in total. The van der Waals surface area contributed by atoms with E-state index in [0.717, 1.165) is 12.0 Å². The lowest BCUT2D eigenvalue weighted by Gasteiger charge is -2.41. The first-order valence-corrected chi connectivity index (χ1v) is 7.81. The van der Waals surface area contributed by atoms with E-state index in [0.29, 0.717) is 6.04 Å². The first-order chi connectivity index (χ1) is 8.31. The number of nitrogens with two attached hydrogens (primary N) is 1. The largest absolute Gasteiger partial charge is 0.327 e. The quantitative estimate of drug-likeness (QED) is 0.800. The molecule has 0 radical (unpaired) electrons. The van der Waals surface area contributed by atoms with Gasteiger partial charge in [0.2, 0.25) is 0 Å². The third kappa shape index (κ3) is 3.69. The minimum Gasteiger partial charge on any atom is -0.327 e. The summed E-state index contributed by atoms with van der Waals surface area (Å²) in [7, 11) is 0. The molecule has 2 fully saturated rings. The predicted molar refractivity (Wildman–Crippen MR) is 74.1 cm³/mol. The second kappa shape index (κ2) is 6.75. The maximum absolute atomic E-state index is 6.21. The van der Waals surface area contributed by atoms with Gasteiger partial charge in [-0.05, 0) is 31.7 Å². The highest BCUT2D eigenvalue weighted by Gasteiger charge is 2.29. The molecule has 0 aromatic carbocycles. The van der Waals surface area contributed by atoms with E-state index < -0.39 is 0 Å². The Morgan fingerprint density at radius 2 is 1.65 bits per heavy atom. The third-order valence-electron chi connectivity index (χ3n) is 4.94. The van der Waals surface area contributed by atoms with Crippen LogP contribution in [0.1, 0.15) is 64.7 Å². The lowest BCUT2D eigenvalue weighted by molar-refractivity contribution is 0.0912. The normalized spacial score (nSPS) is 34.2. The molecule has 0 aromatic rings. The van der Waals surface area contributed by atoms with E-state index in [-0.39, 0.29) is 0 Å². The summed E-state index contributed by atoms with van der Waals surface area (Å²) in [5, 5.41) is 0. The van der Waals surface area contributed by atoms with Crippen LogP contribution >= 0.6 is 0 Å². The molecule has 17 heavy (non-hydrogen) atoms. The van der Waals surface area contributed by atoms with Gasteiger partial charge in [-0.3, -0.25) is 4.90 Å². The van der Waals surface area contributed by atoms with Gasteiger partial charge in [0.25, 0.3) is 0 Å². The van der Waals surface area contributed by atoms with Crippen molar-refractivity contribution < 1.29 is 0 Å². The Morgan fingerprint density at radius 1 is 1.00 bits per heavy atom. The molecule has 0 aromatic heterocycles. The molecule has 2 heteroatoms. The Balaban J connectivity index is 1.87. The molecule has 1 aliphatic heterocycles. The first-order valence-electron chi connectivity index (χ1n) is 7.81. The fourth-order valence-corrected chi connectivity index (χ4v) is 3.64. The zero-order chi connectivity index (χ0) is 12.1. The van der Waals surface area contributed by atoms with E-state index >= 15 is 0 Å². The van der Waals surface area contributed by atoms with Crippen molar-refractivity contribution in [2.75, 3.05) is 13.1 Å². The Bertz CT molecular complexity index is 209. The van der Waals surface area contributed by atoms with Gasteiger partial charge in [0.1, 0.15) is 0 Å². The lowest BCUT2D eigenvalue weighted by Crippen LogP contribution is -2.50. The second-order valence-corrected chi connectivity index (χ2v) is 6.11. The van der Waals surface area contributed by atoms with Gasteiger partial charge in [-0.15, -0.1) is 0 Å². The number of rotatable bonds is 2. The molecule has 2 aliphatic rings. The highest BCUT2D eigenvalue weighted by atomic mass is 15.2. The molecule has 1 heterocycles. The van der Waals surface area contributed by atoms with Crippen LogP contribution in [0.4, 0.5) is 0 Å². The van der Waals surface area contributed by atoms with Crippen LogP contribution < -0.4 is 5.73 Å². The van der Waals surface area contributed by atoms with Crippen LogP contribution in [-0.4, -0.2) is 30.1 Å². The van der Waals surface area contributed by atoms with Gasteiger partial charge in [-0.1, -0.05) is 45.4 Å². The molecule has 2 unspecified atom stereocenters. The molecule has 0 spiro atoms. The highest BCUT2D eigenvalue weighted by molar-refractivity contribution is 4.86. The molecule has 0 amide bonds. The lowest BCUT2D eigenvalue weighted by atomic mass is 9.87. The maximum Gasteiger partial charge on any atom is 0.00953 e. The van der Waals surface area contributed by atoms with Crippen LogP contribution in [0.25, 0.3) is 0 Å². The molecule has 2 atom stereocenters. The zero-order valence-corrected chi connectivity index (χ0v) is 11.5. The van der Waals surface area contributed by atoms with Gasteiger partial charge < -0.3 is 5.73 Å². The van der Waals surface area contributed by atoms with Crippen molar-refractivity contribution in [3.05, 3.63) is 0 Å². The summed E-state index contributed by atoms with van der Waals surface area (Å²) in [6.45, 7) is 4.82. The average Bonchev–Trinajstić information content (AvgIpc) is 2.30. The summed E-state index contributed by atoms with van der Waals surface area (Å²) in [6, 6.07) is 1.33. The standard InChI is InChI=1S/C15H30N2/c1-2-13-12-17(11-10-15(13)16)14-8-6-4-3-5-7-9-14/h13-15H,2-12,16H2,1H3. The summed E-state index contributed by atoms with van der Waals surface area (Å²) >= 11 is 0. The summed E-state index contributed by atoms with van der Waals surface area (Å²) in [4.78, 5) is 2.77. The number of hydrogen-bond acceptors (Lipinski definition) is 2. The molecule has 1 saturated heterocycles. The number of hydrogen-bond donors (Lipinski definition) is 1. The van der Waals surface area contributed by atoms with E-state index in [4.69, 9.17) is 5.73 Å². The van der Waals surface area contributed by atoms with Crippen molar-refractivity contribution in [2.45, 2.75) is 76.8 Å². The molecule has 1 saturated carbocycles. The van der Waals surface area contributed by atoms with Gasteiger partial charge in [0, 0.05) is 18.6 Å². The molecule has 0 bridgehead atoms. The zero-order valence-electron chi connectivity index (χ0n) is 11.5. The Hall–Kier alpha value is -0.0800. The molecule has 100 valence electrons. The molecular weight excluding hydrogens is 208 g/mol. The van der Waals surface area contributed by atoms with Crippen molar-refractivity contribution in [3.8, 4) is 0 Å². The third-order valence-corrected chi connectivity index (χ3v) is 4.94. The SMILES string of the molecule is CCC1CN(C2CCCCCCC2)CCC1N. The van der Waals surface area contributed by atoms with E-state index in [2.05, 4.69) is 11.8 Å². The number of piperidine rings is 1. The summed E-state index contributed by atoms with van der Waals surface area (Å²) in [6.07, 6.45) is 12.6. The maximum atomic E-state index is 6.21. The summed E-state index contributed by atoms with van der Waals surface area (Å²) in [5.74, 6) is 0.745. The minimum atomic E-state index is 0.463. The fourth-order valence-electron chi connectivity index (χ4n) is 3.64. The smallest absolute Gasteiger partial charge is 0.00953 e. The highest BCUT2D eigenvalue weighted by Crippen LogP contribution is 2.26. The van der Waals surface area contributed by atoms with E-state index in [1.165, 1.54) is 70.9 Å². The van der Waals surface area contributed by atoms with Gasteiger partial charge in [0.05, 0.1) is 0 Å². The minimum absolute atomic E-state index is 0.463. The summed E-state index contributed by atoms with van der Waals surface area (Å²) < 4.78 is 0. The molecule has 2 N–H and O–H groups in total. The summed E-state index contributed by atoms with van der Waals surface area (Å²) in [5.41, 5.74) is 6.21. The van der Waals surface area contributed by atoms with Gasteiger partial charge in [-0.25, -0.2) is 0 Å². The van der Waals surface area contributed by atoms with Crippen molar-refractivity contribution in [2.24, 2.45) is 11.7 Å². The van der Waals surface area contributed by atoms with Crippen LogP contribution in [-0.2, 0) is 0 Å². The first kappa shape index (κ1) is 13.4. The van der Waals surface area contributed by atoms with E-state index in [1.807, 2.05) is 0 Å². The number of likely N-dealkylation sites (tertiary alicyclic amines) is 1. The van der Waals surface area contributed by atoms with Gasteiger partial charge in [-0.2, -0.15) is 0 Å². The van der Waals surface area contributed by atoms with Crippen molar-refractivity contribution in [1.82, 2.24) is 4.90 Å². The van der Waals surface area contributed by atoms with Crippen LogP contribution in [0.5, 0.6) is 0 Å². The average molecular weight is 238 g/mol. The van der Waals surface area contributed by atoms with Crippen LogP contribution in [0, 0.1) is 5.92 Å². The second-order valence-electron chi connectivity index (χ2n) is 6.11. The van der Waals surface area contributed by atoms with Crippen molar-refractivity contribution >= 4 is 0 Å². The Morgan fingerprint density at radius 3 is 2.29 bits per heavy atom. The number of nitrogens with zero attached hydrogens (tertiary/aromatic N) is 1. The molecule has 2 rings (SSSR count). The van der Waals surface area contributed by atoms with Crippen molar-refractivity contribution in [1.29, 1.82) is 0 Å². The Kier molecular flexibility index (Phi) is 5.30. The van der Waals surface area contributed by atoms with E-state index in [1.54, 1.807) is 0 Å². The van der Waals surface area contributed by atoms with Crippen molar-refractivity contribution in [3.63, 3.8) is 0 Å². The van der Waals surface area contributed by atoms with Crippen LogP contribution in [0.15, 0.2) is 0 Å². The van der Waals surface area contributed by atoms with Crippen LogP contribution in [0.2, 0.25) is 0 Å². The molecule has 1 aliphatic carbocycles. The molecular formula is C15H30N2. The van der Waals surface area contributed by atoms with Crippen LogP contribution in [0.3, 0.4) is 0 Å². The fraction of sp³-hybridized carbons (Fsp3) is 1.00. The Labute approximate surface area is 107 Å². The van der Waals surface area contributed by atoms with E-state index in [9.17, 15) is 0 Å². The predicted octanol–water partition coefficient (Wildman–Crippen LogP) is 3.16. The topological polar surface area (TPSA) is 29.3 Å². The monoisotopic (exact) mass is 238 g/mol. The van der Waals surface area contributed by atoms with Gasteiger partial charge >= 0.3 is 0 Å². The van der Waals surface area contributed by atoms with Gasteiger partial charge in [0.15, 0.2) is 0 Å².